The third-order valence-electron chi connectivity index (χ3n) is 2.68. The molecule has 0 bridgehead atoms. The average molecular weight is 357 g/mol. The predicted molar refractivity (Wildman–Crippen MR) is 80.1 cm³/mol. The first-order chi connectivity index (χ1) is 9.29. The topological polar surface area (TPSA) is 34.1 Å². The summed E-state index contributed by atoms with van der Waals surface area (Å²) in [6.07, 6.45) is 3.66. The first-order valence-electron chi connectivity index (χ1n) is 6.30. The van der Waals surface area contributed by atoms with Crippen LogP contribution in [0.15, 0.2) is 47.2 Å². The van der Waals surface area contributed by atoms with Crippen molar-refractivity contribution in [3.63, 3.8) is 0 Å². The Morgan fingerprint density at radius 1 is 1.20 bits per heavy atom. The number of hydrogen-bond acceptors (Lipinski definition) is 3. The van der Waals surface area contributed by atoms with Gasteiger partial charge in [-0.3, -0.25) is 4.98 Å². The molecule has 1 N–H and O–H groups in total. The third-order valence-corrected chi connectivity index (χ3v) is 3.30. The molecule has 0 amide bonds. The van der Waals surface area contributed by atoms with Crippen LogP contribution in [0.1, 0.15) is 18.1 Å². The Hall–Kier alpha value is -1.10. The maximum absolute atomic E-state index is 5.49. The molecular weight excluding hydrogens is 340 g/mol. The van der Waals surface area contributed by atoms with Gasteiger partial charge in [0, 0.05) is 25.5 Å². The van der Waals surface area contributed by atoms with Gasteiger partial charge in [0.1, 0.15) is 5.75 Å². The van der Waals surface area contributed by atoms with Crippen LogP contribution < -0.4 is 22.5 Å². The summed E-state index contributed by atoms with van der Waals surface area (Å²) in [6, 6.07) is 10.2. The quantitative estimate of drug-likeness (QED) is 0.820. The summed E-state index contributed by atoms with van der Waals surface area (Å²) in [5, 5.41) is 3.40. The minimum atomic E-state index is 0. The molecule has 2 rings (SSSR count). The molecule has 0 saturated heterocycles. The van der Waals surface area contributed by atoms with E-state index in [1.165, 1.54) is 11.1 Å². The number of ether oxygens (including phenoxy) is 1. The first-order valence-corrected chi connectivity index (χ1v) is 7.09. The van der Waals surface area contributed by atoms with E-state index in [1.807, 2.05) is 25.3 Å². The Labute approximate surface area is 134 Å². The Morgan fingerprint density at radius 2 is 2.00 bits per heavy atom. The van der Waals surface area contributed by atoms with E-state index in [1.54, 1.807) is 6.20 Å². The van der Waals surface area contributed by atoms with Gasteiger partial charge in [0.05, 0.1) is 11.1 Å². The number of nitrogens with zero attached hydrogens (tertiary/aromatic N) is 1. The van der Waals surface area contributed by atoms with E-state index in [9.17, 15) is 0 Å². The molecule has 5 heteroatoms. The van der Waals surface area contributed by atoms with E-state index in [-0.39, 0.29) is 12.4 Å². The van der Waals surface area contributed by atoms with Crippen LogP contribution in [0.4, 0.5) is 0 Å². The summed E-state index contributed by atoms with van der Waals surface area (Å²) < 4.78 is 6.49. The van der Waals surface area contributed by atoms with Crippen molar-refractivity contribution in [2.45, 2.75) is 20.0 Å². The highest BCUT2D eigenvalue weighted by atomic mass is 79.9. The van der Waals surface area contributed by atoms with Gasteiger partial charge in [0.15, 0.2) is 0 Å². The van der Waals surface area contributed by atoms with E-state index in [0.29, 0.717) is 6.61 Å². The second-order valence-corrected chi connectivity index (χ2v) is 5.02. The average Bonchev–Trinajstić information content (AvgIpc) is 2.43. The Kier molecular flexibility index (Phi) is 7.59. The lowest BCUT2D eigenvalue weighted by molar-refractivity contribution is -0.00000441. The highest BCUT2D eigenvalue weighted by Crippen LogP contribution is 2.25. The van der Waals surface area contributed by atoms with E-state index in [4.69, 9.17) is 4.74 Å². The van der Waals surface area contributed by atoms with Crippen LogP contribution in [0.3, 0.4) is 0 Å². The Morgan fingerprint density at radius 3 is 2.65 bits per heavy atom. The molecule has 0 unspecified atom stereocenters. The molecule has 2 aromatic rings. The molecule has 1 aromatic heterocycles. The Balaban J connectivity index is 0.00000200. The molecule has 0 spiro atoms. The summed E-state index contributed by atoms with van der Waals surface area (Å²) in [4.78, 5) is 4.09. The number of benzene rings is 1. The van der Waals surface area contributed by atoms with E-state index in [0.717, 1.165) is 23.3 Å². The number of rotatable bonds is 6. The van der Waals surface area contributed by atoms with Gasteiger partial charge < -0.3 is 22.5 Å². The van der Waals surface area contributed by atoms with Crippen molar-refractivity contribution in [1.29, 1.82) is 0 Å². The highest BCUT2D eigenvalue weighted by Gasteiger charge is 2.02. The fraction of sp³-hybridized carbons (Fsp3) is 0.267. The number of aromatic nitrogens is 1. The van der Waals surface area contributed by atoms with Crippen molar-refractivity contribution in [2.75, 3.05) is 6.61 Å². The number of nitrogens with one attached hydrogen (secondary N) is 1. The van der Waals surface area contributed by atoms with Crippen molar-refractivity contribution in [1.82, 2.24) is 10.3 Å². The standard InChI is InChI=1S/C15H17BrN2O.ClH/c1-2-19-15-6-5-12(8-14(15)16)9-18-11-13-4-3-7-17-10-13;/h3-8,10,18H,2,9,11H2,1H3;1H/p-1. The van der Waals surface area contributed by atoms with E-state index in [2.05, 4.69) is 44.4 Å². The molecule has 3 nitrogen and oxygen atoms in total. The maximum Gasteiger partial charge on any atom is 0.133 e. The SMILES string of the molecule is CCOc1ccc(CNCc2cccnc2)cc1Br.[Cl-]. The normalized spacial score (nSPS) is 9.90. The van der Waals surface area contributed by atoms with Gasteiger partial charge in [-0.15, -0.1) is 0 Å². The van der Waals surface area contributed by atoms with E-state index < -0.39 is 0 Å². The lowest BCUT2D eigenvalue weighted by Crippen LogP contribution is -3.00. The molecule has 1 heterocycles. The highest BCUT2D eigenvalue weighted by molar-refractivity contribution is 9.10. The number of halogens is 2. The summed E-state index contributed by atoms with van der Waals surface area (Å²) in [6.45, 7) is 4.30. The molecule has 0 saturated carbocycles. The van der Waals surface area contributed by atoms with Gasteiger partial charge >= 0.3 is 0 Å². The molecule has 0 aliphatic rings. The van der Waals surface area contributed by atoms with Crippen LogP contribution in [0.25, 0.3) is 0 Å². The second-order valence-electron chi connectivity index (χ2n) is 4.16. The minimum absolute atomic E-state index is 0. The monoisotopic (exact) mass is 355 g/mol. The molecular formula is C15H17BrClN2O-. The zero-order valence-corrected chi connectivity index (χ0v) is 13.6. The van der Waals surface area contributed by atoms with Crippen LogP contribution >= 0.6 is 15.9 Å². The summed E-state index contributed by atoms with van der Waals surface area (Å²) in [5.74, 6) is 0.888. The van der Waals surface area contributed by atoms with Crippen LogP contribution in [0.5, 0.6) is 5.75 Å². The van der Waals surface area contributed by atoms with Crippen LogP contribution in [-0.2, 0) is 13.1 Å². The smallest absolute Gasteiger partial charge is 0.133 e. The molecule has 20 heavy (non-hydrogen) atoms. The second kappa shape index (κ2) is 8.95. The van der Waals surface area contributed by atoms with Gasteiger partial charge in [0.25, 0.3) is 0 Å². The summed E-state index contributed by atoms with van der Waals surface area (Å²) in [7, 11) is 0. The van der Waals surface area contributed by atoms with Gasteiger partial charge in [-0.25, -0.2) is 0 Å². The van der Waals surface area contributed by atoms with Gasteiger partial charge in [-0.1, -0.05) is 12.1 Å². The largest absolute Gasteiger partial charge is 1.00 e. The van der Waals surface area contributed by atoms with Crippen molar-refractivity contribution in [3.05, 3.63) is 58.3 Å². The van der Waals surface area contributed by atoms with Crippen LogP contribution in [0, 0.1) is 0 Å². The summed E-state index contributed by atoms with van der Waals surface area (Å²) in [5.41, 5.74) is 2.41. The van der Waals surface area contributed by atoms with Crippen molar-refractivity contribution in [2.24, 2.45) is 0 Å². The predicted octanol–water partition coefficient (Wildman–Crippen LogP) is 0.537. The molecule has 0 fully saturated rings. The first kappa shape index (κ1) is 17.0. The Bertz CT molecular complexity index is 523. The fourth-order valence-corrected chi connectivity index (χ4v) is 2.32. The van der Waals surface area contributed by atoms with Gasteiger partial charge in [0.2, 0.25) is 0 Å². The van der Waals surface area contributed by atoms with Gasteiger partial charge in [-0.2, -0.15) is 0 Å². The van der Waals surface area contributed by atoms with E-state index >= 15 is 0 Å². The molecule has 0 atom stereocenters. The number of pyridine rings is 1. The molecule has 0 radical (unpaired) electrons. The van der Waals surface area contributed by atoms with Crippen molar-refractivity contribution >= 4 is 15.9 Å². The lowest BCUT2D eigenvalue weighted by atomic mass is 10.2. The molecule has 108 valence electrons. The fourth-order valence-electron chi connectivity index (χ4n) is 1.78. The van der Waals surface area contributed by atoms with Crippen LogP contribution in [0.2, 0.25) is 0 Å². The third kappa shape index (κ3) is 5.12. The lowest BCUT2D eigenvalue weighted by Gasteiger charge is -2.09. The maximum atomic E-state index is 5.49. The zero-order chi connectivity index (χ0) is 13.5. The zero-order valence-electron chi connectivity index (χ0n) is 11.3. The van der Waals surface area contributed by atoms with Crippen molar-refractivity contribution in [3.8, 4) is 5.75 Å². The molecule has 0 aliphatic heterocycles. The molecule has 0 aliphatic carbocycles. The van der Waals surface area contributed by atoms with Crippen molar-refractivity contribution < 1.29 is 17.1 Å². The molecule has 1 aromatic carbocycles. The minimum Gasteiger partial charge on any atom is -1.00 e. The van der Waals surface area contributed by atoms with Gasteiger partial charge in [-0.05, 0) is 52.2 Å². The number of hydrogen-bond donors (Lipinski definition) is 1. The summed E-state index contributed by atoms with van der Waals surface area (Å²) >= 11 is 3.52. The van der Waals surface area contributed by atoms with Crippen LogP contribution in [-0.4, -0.2) is 11.6 Å².